The van der Waals surface area contributed by atoms with Crippen LogP contribution in [0.2, 0.25) is 5.02 Å². The zero-order valence-corrected chi connectivity index (χ0v) is 13.8. The van der Waals surface area contributed by atoms with Gasteiger partial charge in [-0.3, -0.25) is 0 Å². The molecule has 116 valence electrons. The van der Waals surface area contributed by atoms with Gasteiger partial charge in [0.15, 0.2) is 0 Å². The molecular formula is C16H18ClN3OS. The van der Waals surface area contributed by atoms with Gasteiger partial charge in [0.25, 0.3) is 0 Å². The molecule has 1 N–H and O–H groups in total. The number of thiazole rings is 1. The number of carbonyl (C=O) groups is 1. The highest BCUT2D eigenvalue weighted by Crippen LogP contribution is 2.34. The molecule has 2 aliphatic rings. The summed E-state index contributed by atoms with van der Waals surface area (Å²) in [5.74, 6) is 0.459. The average molecular weight is 336 g/mol. The number of benzene rings is 1. The number of likely N-dealkylation sites (tertiary alicyclic amines) is 1. The van der Waals surface area contributed by atoms with E-state index in [1.165, 1.54) is 9.71 Å². The van der Waals surface area contributed by atoms with Crippen LogP contribution in [-0.4, -0.2) is 35.0 Å². The molecule has 6 heteroatoms. The third-order valence-corrected chi connectivity index (χ3v) is 5.84. The summed E-state index contributed by atoms with van der Waals surface area (Å²) in [6.45, 7) is 1.64. The molecule has 1 aromatic carbocycles. The first-order chi connectivity index (χ1) is 10.7. The highest BCUT2D eigenvalue weighted by atomic mass is 35.5. The van der Waals surface area contributed by atoms with Crippen molar-refractivity contribution in [1.82, 2.24) is 15.2 Å². The Hall–Kier alpha value is -1.33. The molecule has 1 saturated heterocycles. The van der Waals surface area contributed by atoms with Crippen LogP contribution < -0.4 is 5.32 Å². The molecule has 0 atom stereocenters. The van der Waals surface area contributed by atoms with Gasteiger partial charge in [0.05, 0.1) is 15.2 Å². The highest BCUT2D eigenvalue weighted by molar-refractivity contribution is 7.18. The number of halogens is 1. The van der Waals surface area contributed by atoms with Gasteiger partial charge >= 0.3 is 6.03 Å². The molecule has 2 amide bonds. The summed E-state index contributed by atoms with van der Waals surface area (Å²) in [6.07, 6.45) is 4.25. The molecule has 0 radical (unpaired) electrons. The van der Waals surface area contributed by atoms with Crippen molar-refractivity contribution in [1.29, 1.82) is 0 Å². The maximum atomic E-state index is 12.1. The van der Waals surface area contributed by atoms with Gasteiger partial charge in [-0.15, -0.1) is 11.3 Å². The lowest BCUT2D eigenvalue weighted by Crippen LogP contribution is -2.44. The number of fused-ring (bicyclic) bond motifs is 1. The van der Waals surface area contributed by atoms with Crippen molar-refractivity contribution >= 4 is 39.2 Å². The molecule has 0 spiro atoms. The van der Waals surface area contributed by atoms with Gasteiger partial charge < -0.3 is 10.2 Å². The van der Waals surface area contributed by atoms with Gasteiger partial charge in [-0.25, -0.2) is 9.78 Å². The Morgan fingerprint density at radius 2 is 2.05 bits per heavy atom. The van der Waals surface area contributed by atoms with E-state index in [-0.39, 0.29) is 6.03 Å². The molecule has 1 aliphatic carbocycles. The zero-order chi connectivity index (χ0) is 15.1. The maximum Gasteiger partial charge on any atom is 0.317 e. The van der Waals surface area contributed by atoms with E-state index in [9.17, 15) is 4.79 Å². The fraction of sp³-hybridized carbons (Fsp3) is 0.500. The van der Waals surface area contributed by atoms with Crippen molar-refractivity contribution in [2.45, 2.75) is 37.6 Å². The van der Waals surface area contributed by atoms with Crippen molar-refractivity contribution in [2.24, 2.45) is 0 Å². The predicted octanol–water partition coefficient (Wildman–Crippen LogP) is 4.00. The molecule has 2 fully saturated rings. The number of amides is 2. The third-order valence-electron chi connectivity index (χ3n) is 4.40. The topological polar surface area (TPSA) is 45.2 Å². The molecule has 4 rings (SSSR count). The number of hydrogen-bond acceptors (Lipinski definition) is 3. The Labute approximate surface area is 138 Å². The fourth-order valence-electron chi connectivity index (χ4n) is 2.92. The first-order valence-electron chi connectivity index (χ1n) is 7.80. The van der Waals surface area contributed by atoms with Gasteiger partial charge in [0.1, 0.15) is 0 Å². The second kappa shape index (κ2) is 5.70. The average Bonchev–Trinajstić information content (AvgIpc) is 3.23. The minimum atomic E-state index is 0.108. The minimum Gasteiger partial charge on any atom is -0.335 e. The summed E-state index contributed by atoms with van der Waals surface area (Å²) in [5.41, 5.74) is 0.987. The Bertz CT molecular complexity index is 704. The van der Waals surface area contributed by atoms with Gasteiger partial charge in [-0.1, -0.05) is 11.6 Å². The van der Waals surface area contributed by atoms with Crippen molar-refractivity contribution in [3.8, 4) is 0 Å². The van der Waals surface area contributed by atoms with Crippen molar-refractivity contribution < 1.29 is 4.79 Å². The third kappa shape index (κ3) is 2.92. The summed E-state index contributed by atoms with van der Waals surface area (Å²) in [6, 6.07) is 6.42. The van der Waals surface area contributed by atoms with Gasteiger partial charge in [-0.05, 0) is 43.9 Å². The normalized spacial score (nSPS) is 19.6. The smallest absolute Gasteiger partial charge is 0.317 e. The highest BCUT2D eigenvalue weighted by Gasteiger charge is 2.29. The zero-order valence-electron chi connectivity index (χ0n) is 12.2. The van der Waals surface area contributed by atoms with Gasteiger partial charge in [0, 0.05) is 30.1 Å². The molecule has 1 aliphatic heterocycles. The van der Waals surface area contributed by atoms with Crippen LogP contribution in [0, 0.1) is 0 Å². The van der Waals surface area contributed by atoms with Crippen LogP contribution in [0.1, 0.15) is 36.6 Å². The Kier molecular flexibility index (Phi) is 3.70. The Morgan fingerprint density at radius 3 is 2.77 bits per heavy atom. The van der Waals surface area contributed by atoms with Crippen LogP contribution >= 0.6 is 22.9 Å². The van der Waals surface area contributed by atoms with E-state index < -0.39 is 0 Å². The minimum absolute atomic E-state index is 0.108. The number of rotatable bonds is 2. The molecule has 1 aromatic heterocycles. The number of nitrogens with zero attached hydrogens (tertiary/aromatic N) is 2. The van der Waals surface area contributed by atoms with E-state index >= 15 is 0 Å². The van der Waals surface area contributed by atoms with Crippen LogP contribution in [0.3, 0.4) is 0 Å². The number of carbonyl (C=O) groups excluding carboxylic acids is 1. The van der Waals surface area contributed by atoms with E-state index in [0.29, 0.717) is 12.0 Å². The quantitative estimate of drug-likeness (QED) is 0.901. The lowest BCUT2D eigenvalue weighted by atomic mass is 9.98. The van der Waals surface area contributed by atoms with Crippen LogP contribution in [0.4, 0.5) is 4.79 Å². The van der Waals surface area contributed by atoms with Gasteiger partial charge in [0.2, 0.25) is 0 Å². The van der Waals surface area contributed by atoms with E-state index in [2.05, 4.69) is 5.32 Å². The monoisotopic (exact) mass is 335 g/mol. The van der Waals surface area contributed by atoms with Crippen molar-refractivity contribution in [3.63, 3.8) is 0 Å². The number of urea groups is 1. The van der Waals surface area contributed by atoms with E-state index in [0.717, 1.165) is 49.3 Å². The maximum absolute atomic E-state index is 12.1. The second-order valence-corrected chi connectivity index (χ2v) is 7.65. The second-order valence-electron chi connectivity index (χ2n) is 6.15. The van der Waals surface area contributed by atoms with Crippen LogP contribution in [0.15, 0.2) is 18.2 Å². The number of hydrogen-bond donors (Lipinski definition) is 1. The summed E-state index contributed by atoms with van der Waals surface area (Å²) in [4.78, 5) is 18.7. The number of aromatic nitrogens is 1. The predicted molar refractivity (Wildman–Crippen MR) is 89.7 cm³/mol. The summed E-state index contributed by atoms with van der Waals surface area (Å²) in [7, 11) is 0. The largest absolute Gasteiger partial charge is 0.335 e. The molecule has 2 heterocycles. The molecule has 1 saturated carbocycles. The van der Waals surface area contributed by atoms with E-state index in [1.807, 2.05) is 23.1 Å². The first-order valence-corrected chi connectivity index (χ1v) is 9.00. The SMILES string of the molecule is O=C(NC1CC1)N1CCC(c2nc3cc(Cl)ccc3s2)CC1. The first kappa shape index (κ1) is 14.3. The summed E-state index contributed by atoms with van der Waals surface area (Å²) >= 11 is 7.78. The molecule has 4 nitrogen and oxygen atoms in total. The lowest BCUT2D eigenvalue weighted by molar-refractivity contribution is 0.181. The van der Waals surface area contributed by atoms with E-state index in [4.69, 9.17) is 16.6 Å². The number of nitrogens with one attached hydrogen (secondary N) is 1. The standard InChI is InChI=1S/C16H18ClN3OS/c17-11-1-4-14-13(9-11)19-15(22-14)10-5-7-20(8-6-10)16(21)18-12-2-3-12/h1,4,9-10,12H,2-3,5-8H2,(H,18,21). The molecule has 22 heavy (non-hydrogen) atoms. The van der Waals surface area contributed by atoms with Crippen LogP contribution in [0.25, 0.3) is 10.2 Å². The van der Waals surface area contributed by atoms with E-state index in [1.54, 1.807) is 11.3 Å². The molecular weight excluding hydrogens is 318 g/mol. The molecule has 0 bridgehead atoms. The summed E-state index contributed by atoms with van der Waals surface area (Å²) in [5, 5.41) is 4.98. The Balaban J connectivity index is 1.42. The fourth-order valence-corrected chi connectivity index (χ4v) is 4.20. The summed E-state index contributed by atoms with van der Waals surface area (Å²) < 4.78 is 1.19. The van der Waals surface area contributed by atoms with Crippen LogP contribution in [0.5, 0.6) is 0 Å². The van der Waals surface area contributed by atoms with Gasteiger partial charge in [-0.2, -0.15) is 0 Å². The number of piperidine rings is 1. The molecule has 0 unspecified atom stereocenters. The Morgan fingerprint density at radius 1 is 1.27 bits per heavy atom. The van der Waals surface area contributed by atoms with Crippen molar-refractivity contribution in [3.05, 3.63) is 28.2 Å². The lowest BCUT2D eigenvalue weighted by Gasteiger charge is -2.31. The van der Waals surface area contributed by atoms with Crippen molar-refractivity contribution in [2.75, 3.05) is 13.1 Å². The molecule has 2 aromatic rings. The van der Waals surface area contributed by atoms with Crippen LogP contribution in [-0.2, 0) is 0 Å².